The summed E-state index contributed by atoms with van der Waals surface area (Å²) >= 11 is 0. The van der Waals surface area contributed by atoms with Gasteiger partial charge < -0.3 is 19.9 Å². The van der Waals surface area contributed by atoms with Crippen LogP contribution in [0.15, 0.2) is 41.5 Å². The highest BCUT2D eigenvalue weighted by molar-refractivity contribution is 5.87. The molecular weight excluding hydrogens is 344 g/mol. The summed E-state index contributed by atoms with van der Waals surface area (Å²) in [6, 6.07) is 8.68. The minimum Gasteiger partial charge on any atom is -0.507 e. The minimum atomic E-state index is -0.593. The van der Waals surface area contributed by atoms with Crippen LogP contribution in [-0.4, -0.2) is 35.5 Å². The number of hydrazone groups is 1. The molecule has 2 aromatic rings. The lowest BCUT2D eigenvalue weighted by Crippen LogP contribution is -2.25. The Hall–Kier alpha value is -3.82. The van der Waals surface area contributed by atoms with Crippen molar-refractivity contribution in [1.29, 1.82) is 0 Å². The number of phenolic OH excluding ortho intramolecular Hbond substituents is 1. The van der Waals surface area contributed by atoms with Crippen LogP contribution in [0.1, 0.15) is 5.56 Å². The molecule has 0 unspecified atom stereocenters. The first-order chi connectivity index (χ1) is 12.5. The van der Waals surface area contributed by atoms with Gasteiger partial charge in [0.2, 0.25) is 6.79 Å². The van der Waals surface area contributed by atoms with Crippen LogP contribution in [0.5, 0.6) is 17.2 Å². The topological polar surface area (TPSA) is 135 Å². The number of benzene rings is 2. The molecule has 10 nitrogen and oxygen atoms in total. The third kappa shape index (κ3) is 3.98. The molecule has 0 atom stereocenters. The van der Waals surface area contributed by atoms with Gasteiger partial charge in [0, 0.05) is 29.4 Å². The maximum Gasteiger partial charge on any atom is 0.270 e. The van der Waals surface area contributed by atoms with E-state index < -0.39 is 10.8 Å². The number of aromatic hydroxyl groups is 1. The Morgan fingerprint density at radius 2 is 2.08 bits per heavy atom. The molecule has 1 heterocycles. The zero-order valence-corrected chi connectivity index (χ0v) is 13.3. The van der Waals surface area contributed by atoms with E-state index in [4.69, 9.17) is 9.47 Å². The van der Waals surface area contributed by atoms with Crippen molar-refractivity contribution < 1.29 is 24.3 Å². The second-order valence-corrected chi connectivity index (χ2v) is 5.22. The fourth-order valence-electron chi connectivity index (χ4n) is 2.16. The molecule has 1 amide bonds. The maximum absolute atomic E-state index is 11.8. The van der Waals surface area contributed by atoms with Gasteiger partial charge in [-0.25, -0.2) is 5.43 Å². The van der Waals surface area contributed by atoms with Crippen LogP contribution >= 0.6 is 0 Å². The molecule has 0 aliphatic carbocycles. The predicted molar refractivity (Wildman–Crippen MR) is 91.6 cm³/mol. The van der Waals surface area contributed by atoms with Crippen molar-refractivity contribution in [3.05, 3.63) is 52.1 Å². The molecule has 2 aromatic carbocycles. The quantitative estimate of drug-likeness (QED) is 0.405. The highest BCUT2D eigenvalue weighted by Crippen LogP contribution is 2.34. The molecule has 0 saturated carbocycles. The zero-order valence-electron chi connectivity index (χ0n) is 13.3. The van der Waals surface area contributed by atoms with Crippen molar-refractivity contribution >= 4 is 23.5 Å². The van der Waals surface area contributed by atoms with Gasteiger partial charge in [-0.3, -0.25) is 14.9 Å². The number of hydrogen-bond donors (Lipinski definition) is 3. The van der Waals surface area contributed by atoms with Crippen molar-refractivity contribution in [3.63, 3.8) is 0 Å². The molecule has 10 heteroatoms. The molecule has 3 N–H and O–H groups in total. The number of ether oxygens (including phenoxy) is 2. The van der Waals surface area contributed by atoms with Crippen molar-refractivity contribution in [3.8, 4) is 17.2 Å². The molecule has 1 aliphatic rings. The average Bonchev–Trinajstić information content (AvgIpc) is 3.09. The Morgan fingerprint density at radius 3 is 2.88 bits per heavy atom. The summed E-state index contributed by atoms with van der Waals surface area (Å²) in [5, 5.41) is 27.0. The van der Waals surface area contributed by atoms with E-state index in [1.54, 1.807) is 18.2 Å². The van der Waals surface area contributed by atoms with Gasteiger partial charge in [0.15, 0.2) is 11.5 Å². The Labute approximate surface area is 147 Å². The van der Waals surface area contributed by atoms with E-state index in [-0.39, 0.29) is 30.3 Å². The molecule has 0 fully saturated rings. The number of amides is 1. The van der Waals surface area contributed by atoms with Gasteiger partial charge in [0.1, 0.15) is 5.75 Å². The number of nitro groups is 1. The number of carbonyl (C=O) groups excluding carboxylic acids is 1. The molecule has 0 bridgehead atoms. The van der Waals surface area contributed by atoms with E-state index in [1.165, 1.54) is 12.1 Å². The number of fused-ring (bicyclic) bond motifs is 1. The molecule has 0 saturated heterocycles. The van der Waals surface area contributed by atoms with E-state index >= 15 is 0 Å². The molecular formula is C16H14N4O6. The van der Waals surface area contributed by atoms with Gasteiger partial charge in [-0.2, -0.15) is 5.10 Å². The van der Waals surface area contributed by atoms with Crippen molar-refractivity contribution in [1.82, 2.24) is 5.43 Å². The molecule has 0 aromatic heterocycles. The molecule has 0 radical (unpaired) electrons. The predicted octanol–water partition coefficient (Wildman–Crippen LogP) is 1.59. The van der Waals surface area contributed by atoms with Crippen molar-refractivity contribution in [2.75, 3.05) is 18.7 Å². The number of nitrogens with one attached hydrogen (secondary N) is 2. The summed E-state index contributed by atoms with van der Waals surface area (Å²) in [7, 11) is 0. The lowest BCUT2D eigenvalue weighted by Gasteiger charge is -2.06. The number of carbonyl (C=O) groups is 1. The van der Waals surface area contributed by atoms with Crippen molar-refractivity contribution in [2.24, 2.45) is 5.10 Å². The second kappa shape index (κ2) is 7.38. The number of rotatable bonds is 6. The first-order valence-corrected chi connectivity index (χ1v) is 7.46. The van der Waals surface area contributed by atoms with Gasteiger partial charge in [-0.05, 0) is 18.2 Å². The Bertz CT molecular complexity index is 883. The summed E-state index contributed by atoms with van der Waals surface area (Å²) in [6.45, 7) is 0.108. The van der Waals surface area contributed by atoms with Crippen LogP contribution in [0.3, 0.4) is 0 Å². The Kier molecular flexibility index (Phi) is 4.83. The van der Waals surface area contributed by atoms with Gasteiger partial charge in [0.25, 0.3) is 11.6 Å². The number of hydrogen-bond acceptors (Lipinski definition) is 8. The smallest absolute Gasteiger partial charge is 0.270 e. The summed E-state index contributed by atoms with van der Waals surface area (Å²) in [4.78, 5) is 21.9. The van der Waals surface area contributed by atoms with Crippen LogP contribution in [0.2, 0.25) is 0 Å². The van der Waals surface area contributed by atoms with E-state index in [0.717, 1.165) is 12.3 Å². The van der Waals surface area contributed by atoms with E-state index in [1.807, 2.05) is 0 Å². The standard InChI is InChI=1S/C16H14N4O6/c21-13-3-2-12(20(23)24)5-10(13)7-18-19-16(22)8-17-11-1-4-14-15(6-11)26-9-25-14/h1-7,17,21H,8-9H2,(H,19,22)/b18-7-. The molecule has 26 heavy (non-hydrogen) atoms. The van der Waals surface area contributed by atoms with Gasteiger partial charge >= 0.3 is 0 Å². The zero-order chi connectivity index (χ0) is 18.5. The van der Waals surface area contributed by atoms with Crippen molar-refractivity contribution in [2.45, 2.75) is 0 Å². The van der Waals surface area contributed by atoms with Crippen LogP contribution < -0.4 is 20.2 Å². The molecule has 0 spiro atoms. The minimum absolute atomic E-state index is 0.0576. The van der Waals surface area contributed by atoms with Crippen LogP contribution in [0, 0.1) is 10.1 Å². The second-order valence-electron chi connectivity index (χ2n) is 5.22. The third-order valence-electron chi connectivity index (χ3n) is 3.44. The average molecular weight is 358 g/mol. The van der Waals surface area contributed by atoms with Gasteiger partial charge in [-0.1, -0.05) is 0 Å². The Morgan fingerprint density at radius 1 is 1.27 bits per heavy atom. The fourth-order valence-corrected chi connectivity index (χ4v) is 2.16. The largest absolute Gasteiger partial charge is 0.507 e. The van der Waals surface area contributed by atoms with Gasteiger partial charge in [0.05, 0.1) is 17.7 Å². The third-order valence-corrected chi connectivity index (χ3v) is 3.44. The number of non-ortho nitro benzene ring substituents is 1. The van der Waals surface area contributed by atoms with Gasteiger partial charge in [-0.15, -0.1) is 0 Å². The summed E-state index contributed by atoms with van der Waals surface area (Å²) in [5.41, 5.74) is 2.85. The van der Waals surface area contributed by atoms with Crippen LogP contribution in [0.25, 0.3) is 0 Å². The number of phenols is 1. The normalized spacial score (nSPS) is 12.2. The molecule has 1 aliphatic heterocycles. The van der Waals surface area contributed by atoms with E-state index in [9.17, 15) is 20.0 Å². The van der Waals surface area contributed by atoms with Crippen LogP contribution in [-0.2, 0) is 4.79 Å². The SMILES string of the molecule is O=C(CNc1ccc2c(c1)OCO2)N/N=C\c1cc([N+](=O)[O-])ccc1O. The van der Waals surface area contributed by atoms with E-state index in [0.29, 0.717) is 17.2 Å². The molecule has 3 rings (SSSR count). The maximum atomic E-state index is 11.8. The lowest BCUT2D eigenvalue weighted by atomic mass is 10.2. The first-order valence-electron chi connectivity index (χ1n) is 7.46. The number of nitro benzene ring substituents is 1. The lowest BCUT2D eigenvalue weighted by molar-refractivity contribution is -0.384. The summed E-state index contributed by atoms with van der Waals surface area (Å²) in [6.07, 6.45) is 1.13. The first kappa shape index (κ1) is 17.0. The highest BCUT2D eigenvalue weighted by atomic mass is 16.7. The monoisotopic (exact) mass is 358 g/mol. The highest BCUT2D eigenvalue weighted by Gasteiger charge is 2.13. The number of anilines is 1. The van der Waals surface area contributed by atoms with Crippen LogP contribution in [0.4, 0.5) is 11.4 Å². The summed E-state index contributed by atoms with van der Waals surface area (Å²) in [5.74, 6) is 0.604. The number of nitrogens with zero attached hydrogens (tertiary/aromatic N) is 2. The fraction of sp³-hybridized carbons (Fsp3) is 0.125. The summed E-state index contributed by atoms with van der Waals surface area (Å²) < 4.78 is 10.4. The molecule has 134 valence electrons. The Balaban J connectivity index is 1.53. The van der Waals surface area contributed by atoms with E-state index in [2.05, 4.69) is 15.8 Å².